The summed E-state index contributed by atoms with van der Waals surface area (Å²) in [5.74, 6) is -1.86. The highest BCUT2D eigenvalue weighted by atomic mass is 16.4. The predicted molar refractivity (Wildman–Crippen MR) is 46.8 cm³/mol. The summed E-state index contributed by atoms with van der Waals surface area (Å²) in [6.07, 6.45) is -1.37. The lowest BCUT2D eigenvalue weighted by Gasteiger charge is -1.89. The lowest BCUT2D eigenvalue weighted by atomic mass is 10.4. The molecule has 0 unspecified atom stereocenters. The zero-order chi connectivity index (χ0) is 11.2. The third-order valence-corrected chi connectivity index (χ3v) is 1.77. The average Bonchev–Trinajstić information content (AvgIpc) is 2.66. The lowest BCUT2D eigenvalue weighted by Crippen LogP contribution is -2.09. The molecule has 0 saturated heterocycles. The summed E-state index contributed by atoms with van der Waals surface area (Å²) in [6, 6.07) is 1.05. The second-order valence-electron chi connectivity index (χ2n) is 2.71. The number of hydrogen-bond acceptors (Lipinski definition) is 5. The van der Waals surface area contributed by atoms with E-state index in [0.717, 1.165) is 6.07 Å². The summed E-state index contributed by atoms with van der Waals surface area (Å²) in [5, 5.41) is 20.8. The van der Waals surface area contributed by atoms with E-state index in [2.05, 4.69) is 5.10 Å². The highest BCUT2D eigenvalue weighted by Crippen LogP contribution is 2.24. The van der Waals surface area contributed by atoms with Crippen LogP contribution in [0.2, 0.25) is 0 Å². The van der Waals surface area contributed by atoms with Crippen LogP contribution in [0.3, 0.4) is 0 Å². The molecule has 0 fully saturated rings. The van der Waals surface area contributed by atoms with Gasteiger partial charge in [0.05, 0.1) is 0 Å². The van der Waals surface area contributed by atoms with Crippen LogP contribution >= 0.6 is 0 Å². The second kappa shape index (κ2) is 2.74. The van der Waals surface area contributed by atoms with Gasteiger partial charge in [-0.2, -0.15) is 4.68 Å². The molecule has 2 rings (SSSR count). The van der Waals surface area contributed by atoms with Gasteiger partial charge >= 0.3 is 12.1 Å². The molecule has 0 bridgehead atoms. The summed E-state index contributed by atoms with van der Waals surface area (Å²) < 4.78 is 5.38. The van der Waals surface area contributed by atoms with Gasteiger partial charge in [-0.15, -0.1) is 5.10 Å². The molecule has 0 amide bonds. The fraction of sp³-hybridized carbons (Fsp3) is 0. The van der Waals surface area contributed by atoms with Crippen molar-refractivity contribution in [1.82, 2.24) is 9.78 Å². The summed E-state index contributed by atoms with van der Waals surface area (Å²) >= 11 is 0. The zero-order valence-electron chi connectivity index (χ0n) is 7.17. The number of carboxylic acid groups (broad SMARTS) is 2. The number of furan rings is 1. The Morgan fingerprint density at radius 1 is 1.47 bits per heavy atom. The van der Waals surface area contributed by atoms with Crippen LogP contribution in [0, 0.1) is 0 Å². The maximum Gasteiger partial charge on any atom is 0.432 e. The molecule has 15 heavy (non-hydrogen) atoms. The van der Waals surface area contributed by atoms with Crippen LogP contribution in [0.5, 0.6) is 0 Å². The predicted octanol–water partition coefficient (Wildman–Crippen LogP) is 0.436. The number of carboxylic acids is 1. The Morgan fingerprint density at radius 2 is 2.13 bits per heavy atom. The molecule has 78 valence electrons. The number of nitrogens with two attached hydrogens (primary N) is 1. The van der Waals surface area contributed by atoms with Gasteiger partial charge in [-0.3, -0.25) is 0 Å². The van der Waals surface area contributed by atoms with Crippen molar-refractivity contribution in [3.05, 3.63) is 11.8 Å². The van der Waals surface area contributed by atoms with Crippen molar-refractivity contribution in [2.45, 2.75) is 0 Å². The minimum Gasteiger partial charge on any atom is -0.475 e. The largest absolute Gasteiger partial charge is 0.475 e. The van der Waals surface area contributed by atoms with Crippen LogP contribution in [-0.2, 0) is 0 Å². The summed E-state index contributed by atoms with van der Waals surface area (Å²) in [6.45, 7) is 0. The highest BCUT2D eigenvalue weighted by molar-refractivity contribution is 5.96. The van der Waals surface area contributed by atoms with Gasteiger partial charge in [0.15, 0.2) is 11.4 Å². The van der Waals surface area contributed by atoms with Crippen LogP contribution in [0.1, 0.15) is 10.6 Å². The highest BCUT2D eigenvalue weighted by Gasteiger charge is 2.20. The minimum atomic E-state index is -1.37. The van der Waals surface area contributed by atoms with E-state index in [-0.39, 0.29) is 22.7 Å². The van der Waals surface area contributed by atoms with Crippen LogP contribution in [0.25, 0.3) is 11.1 Å². The Kier molecular flexibility index (Phi) is 1.65. The van der Waals surface area contributed by atoms with E-state index in [1.165, 1.54) is 0 Å². The van der Waals surface area contributed by atoms with Crippen molar-refractivity contribution in [2.75, 3.05) is 5.73 Å². The van der Waals surface area contributed by atoms with Crippen molar-refractivity contribution < 1.29 is 24.2 Å². The van der Waals surface area contributed by atoms with E-state index in [1.807, 2.05) is 0 Å². The van der Waals surface area contributed by atoms with Crippen LogP contribution in [0.4, 0.5) is 10.6 Å². The van der Waals surface area contributed by atoms with E-state index in [0.29, 0.717) is 4.68 Å². The molecule has 0 saturated carbocycles. The van der Waals surface area contributed by atoms with E-state index in [9.17, 15) is 9.59 Å². The molecule has 0 aliphatic rings. The quantitative estimate of drug-likeness (QED) is 0.623. The number of aromatic nitrogens is 2. The topological polar surface area (TPSA) is 132 Å². The normalized spacial score (nSPS) is 10.7. The molecular formula is C7H5N3O5. The van der Waals surface area contributed by atoms with Gasteiger partial charge in [0, 0.05) is 6.07 Å². The number of fused-ring (bicyclic) bond motifs is 1. The first kappa shape index (κ1) is 9.06. The Bertz CT molecular complexity index is 566. The number of hydrogen-bond donors (Lipinski definition) is 3. The number of carbonyl (C=O) groups is 2. The second-order valence-corrected chi connectivity index (χ2v) is 2.71. The van der Waals surface area contributed by atoms with Crippen molar-refractivity contribution in [3.8, 4) is 0 Å². The summed E-state index contributed by atoms with van der Waals surface area (Å²) in [5.41, 5.74) is 5.31. The molecule has 0 radical (unpaired) electrons. The average molecular weight is 211 g/mol. The van der Waals surface area contributed by atoms with Gasteiger partial charge < -0.3 is 20.4 Å². The van der Waals surface area contributed by atoms with E-state index in [1.54, 1.807) is 0 Å². The maximum atomic E-state index is 10.7. The number of anilines is 1. The molecule has 2 aromatic heterocycles. The summed E-state index contributed by atoms with van der Waals surface area (Å²) in [7, 11) is 0. The molecule has 0 aliphatic carbocycles. The number of nitrogens with zero attached hydrogens (tertiary/aromatic N) is 2. The third-order valence-electron chi connectivity index (χ3n) is 1.77. The van der Waals surface area contributed by atoms with Gasteiger partial charge in [0.25, 0.3) is 0 Å². The molecule has 0 aromatic carbocycles. The molecule has 0 aliphatic heterocycles. The van der Waals surface area contributed by atoms with Gasteiger partial charge in [0.2, 0.25) is 5.76 Å². The van der Waals surface area contributed by atoms with Crippen LogP contribution in [0.15, 0.2) is 10.5 Å². The molecule has 0 atom stereocenters. The first-order valence-corrected chi connectivity index (χ1v) is 3.75. The van der Waals surface area contributed by atoms with Crippen molar-refractivity contribution in [2.24, 2.45) is 0 Å². The van der Waals surface area contributed by atoms with Crippen molar-refractivity contribution >= 4 is 29.0 Å². The molecule has 8 heteroatoms. The number of aromatic carboxylic acids is 1. The zero-order valence-corrected chi connectivity index (χ0v) is 7.17. The van der Waals surface area contributed by atoms with E-state index >= 15 is 0 Å². The Hall–Kier alpha value is -2.51. The third kappa shape index (κ3) is 1.19. The van der Waals surface area contributed by atoms with Crippen LogP contribution < -0.4 is 5.73 Å². The Labute approximate surface area is 81.5 Å². The first-order chi connectivity index (χ1) is 7.00. The van der Waals surface area contributed by atoms with E-state index in [4.69, 9.17) is 20.4 Å². The lowest BCUT2D eigenvalue weighted by molar-refractivity contribution is 0.0665. The van der Waals surface area contributed by atoms with Gasteiger partial charge in [-0.25, -0.2) is 9.59 Å². The smallest absolute Gasteiger partial charge is 0.432 e. The Balaban J connectivity index is 2.75. The Morgan fingerprint density at radius 3 is 2.67 bits per heavy atom. The van der Waals surface area contributed by atoms with Crippen molar-refractivity contribution in [1.29, 1.82) is 0 Å². The molecule has 2 aromatic rings. The summed E-state index contributed by atoms with van der Waals surface area (Å²) in [4.78, 5) is 21.2. The molecule has 2 heterocycles. The molecule has 4 N–H and O–H groups in total. The van der Waals surface area contributed by atoms with Gasteiger partial charge in [-0.1, -0.05) is 0 Å². The fourth-order valence-corrected chi connectivity index (χ4v) is 1.18. The minimum absolute atomic E-state index is 0.0115. The van der Waals surface area contributed by atoms with Crippen molar-refractivity contribution in [3.63, 3.8) is 0 Å². The molecular weight excluding hydrogens is 206 g/mol. The van der Waals surface area contributed by atoms with E-state index < -0.39 is 12.1 Å². The van der Waals surface area contributed by atoms with Gasteiger partial charge in [0.1, 0.15) is 5.52 Å². The molecule has 0 spiro atoms. The maximum absolute atomic E-state index is 10.7. The van der Waals surface area contributed by atoms with Crippen LogP contribution in [-0.4, -0.2) is 32.1 Å². The SMILES string of the molecule is Nc1nn(C(=O)O)c2cc(C(=O)O)oc12. The standard InChI is InChI=1S/C7H5N3O5/c8-5-4-2(10(9-5)7(13)14)1-3(15-4)6(11)12/h1H,(H2,8,9)(H,11,12)(H,13,14). The fourth-order valence-electron chi connectivity index (χ4n) is 1.18. The van der Waals surface area contributed by atoms with Gasteiger partial charge in [-0.05, 0) is 0 Å². The number of nitrogen functional groups attached to an aromatic ring is 1. The molecule has 8 nitrogen and oxygen atoms in total. The monoisotopic (exact) mass is 211 g/mol. The number of rotatable bonds is 1. The first-order valence-electron chi connectivity index (χ1n) is 3.75.